The molecule has 4 aromatic carbocycles. The lowest BCUT2D eigenvalue weighted by Crippen LogP contribution is -2.42. The highest BCUT2D eigenvalue weighted by atomic mass is 35.5. The Balaban J connectivity index is 1.31. The van der Waals surface area contributed by atoms with Crippen molar-refractivity contribution in [1.82, 2.24) is 4.90 Å². The second-order valence-corrected chi connectivity index (χ2v) is 9.51. The number of nitrogens with zero attached hydrogens (tertiary/aromatic N) is 1. The van der Waals surface area contributed by atoms with E-state index in [2.05, 4.69) is 66.7 Å². The van der Waals surface area contributed by atoms with Gasteiger partial charge in [-0.15, -0.1) is 0 Å². The highest BCUT2D eigenvalue weighted by Gasteiger charge is 2.28. The molecule has 1 atom stereocenters. The Morgan fingerprint density at radius 1 is 0.765 bits per heavy atom. The van der Waals surface area contributed by atoms with Gasteiger partial charge in [-0.25, -0.2) is 0 Å². The molecule has 170 valence electrons. The second-order valence-electron chi connectivity index (χ2n) is 8.67. The lowest BCUT2D eigenvalue weighted by molar-refractivity contribution is -0.133. The molecule has 0 fully saturated rings. The van der Waals surface area contributed by atoms with E-state index in [-0.39, 0.29) is 5.91 Å². The standard InChI is InChI=1S/C29H24Cl2N2O/c30-26-12-11-23(27(31)16-26)15-28(32)29(34)33-17-24-10-9-22(14-25(24)18-33)21-8-4-7-20(13-21)19-5-2-1-3-6-19/h1-14,16,28H,15,17-18,32H2. The molecule has 0 radical (unpaired) electrons. The third-order valence-electron chi connectivity index (χ3n) is 6.32. The zero-order valence-corrected chi connectivity index (χ0v) is 20.1. The molecule has 1 unspecified atom stereocenters. The predicted octanol–water partition coefficient (Wildman–Crippen LogP) is 6.74. The minimum atomic E-state index is -0.657. The number of hydrogen-bond donors (Lipinski definition) is 1. The van der Waals surface area contributed by atoms with Crippen LogP contribution in [0.25, 0.3) is 22.3 Å². The Morgan fingerprint density at radius 2 is 1.44 bits per heavy atom. The van der Waals surface area contributed by atoms with Crippen LogP contribution in [0.2, 0.25) is 10.0 Å². The molecule has 0 aromatic heterocycles. The van der Waals surface area contributed by atoms with Crippen LogP contribution in [0.15, 0.2) is 91.0 Å². The monoisotopic (exact) mass is 486 g/mol. The van der Waals surface area contributed by atoms with Crippen molar-refractivity contribution in [2.24, 2.45) is 5.73 Å². The summed E-state index contributed by atoms with van der Waals surface area (Å²) in [5, 5.41) is 1.09. The van der Waals surface area contributed by atoms with E-state index in [9.17, 15) is 4.79 Å². The molecule has 0 spiro atoms. The summed E-state index contributed by atoms with van der Waals surface area (Å²) in [6, 6.07) is 29.9. The third-order valence-corrected chi connectivity index (χ3v) is 6.90. The molecule has 0 saturated carbocycles. The maximum absolute atomic E-state index is 13.1. The number of halogens is 2. The highest BCUT2D eigenvalue weighted by molar-refractivity contribution is 6.35. The molecule has 5 rings (SSSR count). The van der Waals surface area contributed by atoms with Crippen LogP contribution in [0.1, 0.15) is 16.7 Å². The van der Waals surface area contributed by atoms with E-state index in [0.717, 1.165) is 27.8 Å². The fraction of sp³-hybridized carbons (Fsp3) is 0.138. The summed E-state index contributed by atoms with van der Waals surface area (Å²) in [4.78, 5) is 14.9. The van der Waals surface area contributed by atoms with E-state index in [1.165, 1.54) is 11.1 Å². The Hall–Kier alpha value is -3.11. The van der Waals surface area contributed by atoms with Gasteiger partial charge < -0.3 is 10.6 Å². The van der Waals surface area contributed by atoms with Gasteiger partial charge in [0.15, 0.2) is 0 Å². The average Bonchev–Trinajstić information content (AvgIpc) is 3.29. The lowest BCUT2D eigenvalue weighted by Gasteiger charge is -2.20. The first-order chi connectivity index (χ1) is 16.5. The van der Waals surface area contributed by atoms with Gasteiger partial charge in [0.25, 0.3) is 0 Å². The summed E-state index contributed by atoms with van der Waals surface area (Å²) in [6.07, 6.45) is 0.374. The van der Waals surface area contributed by atoms with E-state index in [0.29, 0.717) is 29.6 Å². The van der Waals surface area contributed by atoms with Crippen LogP contribution in [0, 0.1) is 0 Å². The quantitative estimate of drug-likeness (QED) is 0.339. The normalized spacial score (nSPS) is 13.6. The molecular weight excluding hydrogens is 463 g/mol. The van der Waals surface area contributed by atoms with Gasteiger partial charge in [-0.2, -0.15) is 0 Å². The number of fused-ring (bicyclic) bond motifs is 1. The van der Waals surface area contributed by atoms with Crippen LogP contribution in [0.4, 0.5) is 0 Å². The minimum absolute atomic E-state index is 0.0742. The number of benzene rings is 4. The fourth-order valence-corrected chi connectivity index (χ4v) is 4.97. The van der Waals surface area contributed by atoms with Crippen LogP contribution >= 0.6 is 23.2 Å². The summed E-state index contributed by atoms with van der Waals surface area (Å²) in [7, 11) is 0. The molecule has 3 nitrogen and oxygen atoms in total. The molecule has 2 N–H and O–H groups in total. The molecule has 4 aromatic rings. The SMILES string of the molecule is NC(Cc1ccc(Cl)cc1Cl)C(=O)N1Cc2ccc(-c3cccc(-c4ccccc4)c3)cc2C1. The number of nitrogens with two attached hydrogens (primary N) is 1. The second kappa shape index (κ2) is 9.63. The number of carbonyl (C=O) groups excluding carboxylic acids is 1. The maximum atomic E-state index is 13.1. The number of hydrogen-bond acceptors (Lipinski definition) is 2. The van der Waals surface area contributed by atoms with Crippen LogP contribution in [-0.4, -0.2) is 16.8 Å². The fourth-order valence-electron chi connectivity index (χ4n) is 4.48. The van der Waals surface area contributed by atoms with Crippen molar-refractivity contribution in [2.45, 2.75) is 25.6 Å². The van der Waals surface area contributed by atoms with Gasteiger partial charge in [0, 0.05) is 23.1 Å². The zero-order valence-electron chi connectivity index (χ0n) is 18.5. The molecule has 5 heteroatoms. The molecule has 1 amide bonds. The Kier molecular flexibility index (Phi) is 6.42. The first kappa shape index (κ1) is 22.7. The summed E-state index contributed by atoms with van der Waals surface area (Å²) in [5.41, 5.74) is 14.1. The molecule has 1 aliphatic heterocycles. The molecule has 1 aliphatic rings. The number of amides is 1. The molecular formula is C29H24Cl2N2O. The first-order valence-electron chi connectivity index (χ1n) is 11.2. The van der Waals surface area contributed by atoms with Crippen molar-refractivity contribution in [3.05, 3.63) is 118 Å². The Bertz CT molecular complexity index is 1350. The van der Waals surface area contributed by atoms with Gasteiger partial charge in [0.1, 0.15) is 0 Å². The lowest BCUT2D eigenvalue weighted by atomic mass is 9.97. The molecule has 0 bridgehead atoms. The number of carbonyl (C=O) groups is 1. The average molecular weight is 487 g/mol. The summed E-state index contributed by atoms with van der Waals surface area (Å²) < 4.78 is 0. The maximum Gasteiger partial charge on any atom is 0.240 e. The third kappa shape index (κ3) is 4.74. The first-order valence-corrected chi connectivity index (χ1v) is 12.0. The van der Waals surface area contributed by atoms with Crippen molar-refractivity contribution in [1.29, 1.82) is 0 Å². The topological polar surface area (TPSA) is 46.3 Å². The number of rotatable bonds is 5. The molecule has 34 heavy (non-hydrogen) atoms. The van der Waals surface area contributed by atoms with E-state index >= 15 is 0 Å². The minimum Gasteiger partial charge on any atom is -0.333 e. The van der Waals surface area contributed by atoms with Crippen molar-refractivity contribution < 1.29 is 4.79 Å². The van der Waals surface area contributed by atoms with Crippen molar-refractivity contribution in [3.8, 4) is 22.3 Å². The van der Waals surface area contributed by atoms with Crippen LogP contribution < -0.4 is 5.73 Å². The van der Waals surface area contributed by atoms with E-state index in [1.807, 2.05) is 17.0 Å². The Labute approximate surface area is 209 Å². The summed E-state index contributed by atoms with van der Waals surface area (Å²) >= 11 is 12.2. The molecule has 0 aliphatic carbocycles. The zero-order chi connectivity index (χ0) is 23.7. The molecule has 0 saturated heterocycles. The summed E-state index contributed by atoms with van der Waals surface area (Å²) in [5.74, 6) is -0.0742. The predicted molar refractivity (Wildman–Crippen MR) is 140 cm³/mol. The summed E-state index contributed by atoms with van der Waals surface area (Å²) in [6.45, 7) is 1.13. The van der Waals surface area contributed by atoms with Crippen molar-refractivity contribution in [3.63, 3.8) is 0 Å². The van der Waals surface area contributed by atoms with E-state index < -0.39 is 6.04 Å². The van der Waals surface area contributed by atoms with Crippen LogP contribution in [0.3, 0.4) is 0 Å². The van der Waals surface area contributed by atoms with Crippen molar-refractivity contribution >= 4 is 29.1 Å². The van der Waals surface area contributed by atoms with Gasteiger partial charge in [-0.3, -0.25) is 4.79 Å². The van der Waals surface area contributed by atoms with E-state index in [1.54, 1.807) is 12.1 Å². The van der Waals surface area contributed by atoms with Crippen LogP contribution in [-0.2, 0) is 24.3 Å². The smallest absolute Gasteiger partial charge is 0.240 e. The van der Waals surface area contributed by atoms with Gasteiger partial charge in [-0.1, -0.05) is 89.9 Å². The van der Waals surface area contributed by atoms with Gasteiger partial charge in [-0.05, 0) is 69.6 Å². The van der Waals surface area contributed by atoms with Crippen LogP contribution in [0.5, 0.6) is 0 Å². The highest BCUT2D eigenvalue weighted by Crippen LogP contribution is 2.31. The van der Waals surface area contributed by atoms with Crippen molar-refractivity contribution in [2.75, 3.05) is 0 Å². The largest absolute Gasteiger partial charge is 0.333 e. The van der Waals surface area contributed by atoms with Gasteiger partial charge in [0.2, 0.25) is 5.91 Å². The van der Waals surface area contributed by atoms with Gasteiger partial charge in [0.05, 0.1) is 6.04 Å². The molecule has 1 heterocycles. The van der Waals surface area contributed by atoms with E-state index in [4.69, 9.17) is 28.9 Å². The van der Waals surface area contributed by atoms with Gasteiger partial charge >= 0.3 is 0 Å². The Morgan fingerprint density at radius 3 is 2.21 bits per heavy atom.